The van der Waals surface area contributed by atoms with Gasteiger partial charge in [0.05, 0.1) is 0 Å². The summed E-state index contributed by atoms with van der Waals surface area (Å²) in [6.07, 6.45) is 18.7. The Balaban J connectivity index is 3.41. The molecule has 0 aromatic carbocycles. The fourth-order valence-electron chi connectivity index (χ4n) is 2.95. The lowest BCUT2D eigenvalue weighted by molar-refractivity contribution is 0.220. The van der Waals surface area contributed by atoms with Crippen LogP contribution >= 0.6 is 0 Å². The molecule has 0 aromatic rings. The highest BCUT2D eigenvalue weighted by atomic mass is 14.3. The average Bonchev–Trinajstić information content (AvgIpc) is 2.42. The van der Waals surface area contributed by atoms with Gasteiger partial charge in [-0.2, -0.15) is 0 Å². The van der Waals surface area contributed by atoms with Crippen molar-refractivity contribution in [2.45, 2.75) is 97.8 Å². The van der Waals surface area contributed by atoms with E-state index >= 15 is 0 Å². The van der Waals surface area contributed by atoms with Gasteiger partial charge in [0.15, 0.2) is 0 Å². The van der Waals surface area contributed by atoms with E-state index in [9.17, 15) is 0 Å². The molecule has 0 nitrogen and oxygen atoms in total. The highest BCUT2D eigenvalue weighted by molar-refractivity contribution is 4.74. The zero-order chi connectivity index (χ0) is 13.7. The second kappa shape index (κ2) is 11.8. The molecule has 0 saturated carbocycles. The summed E-state index contributed by atoms with van der Waals surface area (Å²) in [5.41, 5.74) is 0.657. The maximum atomic E-state index is 3.77. The summed E-state index contributed by atoms with van der Waals surface area (Å²) in [5, 5.41) is 0. The summed E-state index contributed by atoms with van der Waals surface area (Å²) >= 11 is 0. The molecule has 0 unspecified atom stereocenters. The predicted octanol–water partition coefficient (Wildman–Crippen LogP) is 6.90. The second-order valence-corrected chi connectivity index (χ2v) is 5.86. The van der Waals surface area contributed by atoms with Gasteiger partial charge in [0.1, 0.15) is 0 Å². The Hall–Kier alpha value is -0.260. The van der Waals surface area contributed by atoms with Crippen LogP contribution in [0.2, 0.25) is 0 Å². The molecular weight excluding hydrogens is 216 g/mol. The Labute approximate surface area is 116 Å². The van der Waals surface area contributed by atoms with E-state index in [0.29, 0.717) is 5.41 Å². The lowest BCUT2D eigenvalue weighted by Gasteiger charge is -2.30. The van der Waals surface area contributed by atoms with Crippen molar-refractivity contribution in [2.24, 2.45) is 5.41 Å². The van der Waals surface area contributed by atoms with Crippen LogP contribution in [0.5, 0.6) is 0 Å². The van der Waals surface area contributed by atoms with Crippen LogP contribution in [0.25, 0.3) is 0 Å². The molecule has 0 aromatic heterocycles. The Morgan fingerprint density at radius 3 is 1.61 bits per heavy atom. The SMILES string of the molecule is C=CCCCCCCCCCC(CC)(CC)CC. The minimum atomic E-state index is 0.657. The first-order valence-corrected chi connectivity index (χ1v) is 8.35. The molecule has 0 aliphatic rings. The van der Waals surface area contributed by atoms with Crippen LogP contribution in [-0.2, 0) is 0 Å². The molecule has 0 saturated heterocycles. The molecule has 0 amide bonds. The molecule has 0 heteroatoms. The third-order valence-electron chi connectivity index (χ3n) is 4.87. The van der Waals surface area contributed by atoms with Crippen molar-refractivity contribution in [1.82, 2.24) is 0 Å². The Kier molecular flexibility index (Phi) is 11.6. The lowest BCUT2D eigenvalue weighted by atomic mass is 9.75. The molecule has 0 spiro atoms. The summed E-state index contributed by atoms with van der Waals surface area (Å²) < 4.78 is 0. The van der Waals surface area contributed by atoms with E-state index < -0.39 is 0 Å². The molecule has 0 rings (SSSR count). The first-order valence-electron chi connectivity index (χ1n) is 8.35. The highest BCUT2D eigenvalue weighted by Crippen LogP contribution is 2.36. The first-order chi connectivity index (χ1) is 8.74. The van der Waals surface area contributed by atoms with Crippen LogP contribution in [0.4, 0.5) is 0 Å². The van der Waals surface area contributed by atoms with Gasteiger partial charge < -0.3 is 0 Å². The molecule has 0 radical (unpaired) electrons. The Morgan fingerprint density at radius 2 is 1.17 bits per heavy atom. The van der Waals surface area contributed by atoms with Gasteiger partial charge in [0, 0.05) is 0 Å². The van der Waals surface area contributed by atoms with Crippen molar-refractivity contribution in [2.75, 3.05) is 0 Å². The van der Waals surface area contributed by atoms with Crippen molar-refractivity contribution in [3.63, 3.8) is 0 Å². The van der Waals surface area contributed by atoms with Crippen LogP contribution in [0.1, 0.15) is 97.8 Å². The fraction of sp³-hybridized carbons (Fsp3) is 0.889. The number of hydrogen-bond donors (Lipinski definition) is 0. The van der Waals surface area contributed by atoms with E-state index in [4.69, 9.17) is 0 Å². The topological polar surface area (TPSA) is 0 Å². The predicted molar refractivity (Wildman–Crippen MR) is 85.1 cm³/mol. The van der Waals surface area contributed by atoms with Crippen molar-refractivity contribution in [3.8, 4) is 0 Å². The molecular formula is C18H36. The molecule has 0 heterocycles. The summed E-state index contributed by atoms with van der Waals surface area (Å²) in [5.74, 6) is 0. The van der Waals surface area contributed by atoms with Crippen LogP contribution in [0.15, 0.2) is 12.7 Å². The number of rotatable bonds is 13. The quantitative estimate of drug-likeness (QED) is 0.247. The maximum Gasteiger partial charge on any atom is -0.0305 e. The lowest BCUT2D eigenvalue weighted by Crippen LogP contribution is -2.17. The van der Waals surface area contributed by atoms with Crippen molar-refractivity contribution >= 4 is 0 Å². The van der Waals surface area contributed by atoms with Crippen LogP contribution in [0, 0.1) is 5.41 Å². The van der Waals surface area contributed by atoms with Gasteiger partial charge in [-0.15, -0.1) is 6.58 Å². The zero-order valence-corrected chi connectivity index (χ0v) is 13.3. The molecule has 0 atom stereocenters. The number of unbranched alkanes of at least 4 members (excludes halogenated alkanes) is 7. The summed E-state index contributed by atoms with van der Waals surface area (Å²) in [6.45, 7) is 10.9. The standard InChI is InChI=1S/C18H36/c1-5-9-10-11-12-13-14-15-16-17-18(6-2,7-3)8-4/h5H,1,6-17H2,2-4H3. The molecule has 0 aliphatic carbocycles. The Bertz CT molecular complexity index is 168. The number of hydrogen-bond acceptors (Lipinski definition) is 0. The van der Waals surface area contributed by atoms with Gasteiger partial charge in [0.25, 0.3) is 0 Å². The number of allylic oxidation sites excluding steroid dienone is 1. The second-order valence-electron chi connectivity index (χ2n) is 5.86. The van der Waals surface area contributed by atoms with E-state index in [2.05, 4.69) is 27.4 Å². The minimum absolute atomic E-state index is 0.657. The van der Waals surface area contributed by atoms with Crippen molar-refractivity contribution in [3.05, 3.63) is 12.7 Å². The minimum Gasteiger partial charge on any atom is -0.103 e. The van der Waals surface area contributed by atoms with E-state index in [1.165, 1.54) is 77.0 Å². The van der Waals surface area contributed by atoms with Crippen LogP contribution < -0.4 is 0 Å². The van der Waals surface area contributed by atoms with Gasteiger partial charge in [0.2, 0.25) is 0 Å². The van der Waals surface area contributed by atoms with Gasteiger partial charge >= 0.3 is 0 Å². The Morgan fingerprint density at radius 1 is 0.722 bits per heavy atom. The van der Waals surface area contributed by atoms with E-state index in [-0.39, 0.29) is 0 Å². The van der Waals surface area contributed by atoms with E-state index in [1.54, 1.807) is 0 Å². The third kappa shape index (κ3) is 7.95. The summed E-state index contributed by atoms with van der Waals surface area (Å²) in [6, 6.07) is 0. The molecule has 0 aliphatic heterocycles. The van der Waals surface area contributed by atoms with Crippen molar-refractivity contribution < 1.29 is 0 Å². The van der Waals surface area contributed by atoms with Crippen molar-refractivity contribution in [1.29, 1.82) is 0 Å². The average molecular weight is 252 g/mol. The monoisotopic (exact) mass is 252 g/mol. The van der Waals surface area contributed by atoms with E-state index in [0.717, 1.165) is 0 Å². The molecule has 0 fully saturated rings. The molecule has 0 bridgehead atoms. The van der Waals surface area contributed by atoms with Gasteiger partial charge in [-0.05, 0) is 24.7 Å². The van der Waals surface area contributed by atoms with Gasteiger partial charge in [-0.3, -0.25) is 0 Å². The van der Waals surface area contributed by atoms with Gasteiger partial charge in [-0.1, -0.05) is 84.6 Å². The molecule has 108 valence electrons. The normalized spacial score (nSPS) is 11.7. The smallest absolute Gasteiger partial charge is 0.0305 e. The largest absolute Gasteiger partial charge is 0.103 e. The fourth-order valence-corrected chi connectivity index (χ4v) is 2.95. The molecule has 18 heavy (non-hydrogen) atoms. The molecule has 0 N–H and O–H groups in total. The van der Waals surface area contributed by atoms with Crippen LogP contribution in [0.3, 0.4) is 0 Å². The summed E-state index contributed by atoms with van der Waals surface area (Å²) in [4.78, 5) is 0. The third-order valence-corrected chi connectivity index (χ3v) is 4.87. The van der Waals surface area contributed by atoms with E-state index in [1.807, 2.05) is 6.08 Å². The zero-order valence-electron chi connectivity index (χ0n) is 13.3. The first kappa shape index (κ1) is 17.7. The summed E-state index contributed by atoms with van der Waals surface area (Å²) in [7, 11) is 0. The van der Waals surface area contributed by atoms with Gasteiger partial charge in [-0.25, -0.2) is 0 Å². The highest BCUT2D eigenvalue weighted by Gasteiger charge is 2.22. The van der Waals surface area contributed by atoms with Crippen LogP contribution in [-0.4, -0.2) is 0 Å². The maximum absolute atomic E-state index is 3.77.